The molecule has 5 heteroatoms. The zero-order valence-corrected chi connectivity index (χ0v) is 16.2. The first-order valence-corrected chi connectivity index (χ1v) is 8.92. The Morgan fingerprint density at radius 2 is 1.90 bits per heavy atom. The van der Waals surface area contributed by atoms with Crippen molar-refractivity contribution in [1.29, 1.82) is 0 Å². The second kappa shape index (κ2) is 7.30. The van der Waals surface area contributed by atoms with Gasteiger partial charge in [-0.1, -0.05) is 55.6 Å². The lowest BCUT2D eigenvalue weighted by molar-refractivity contribution is 0.338. The van der Waals surface area contributed by atoms with E-state index in [0.717, 1.165) is 30.8 Å². The zero-order valence-electron chi connectivity index (χ0n) is 10.7. The first-order chi connectivity index (χ1) is 9.52. The molecule has 1 nitrogen and oxygen atoms in total. The molecular weight excluding hydrogens is 471 g/mol. The van der Waals surface area contributed by atoms with Crippen LogP contribution in [0.25, 0.3) is 0 Å². The van der Waals surface area contributed by atoms with Crippen LogP contribution >= 0.6 is 59.4 Å². The van der Waals surface area contributed by atoms with Crippen LogP contribution in [0.1, 0.15) is 22.9 Å². The molecular formula is C15H12Br3ClO. The maximum absolute atomic E-state index is 6.30. The van der Waals surface area contributed by atoms with Crippen LogP contribution in [0, 0.1) is 0 Å². The smallest absolute Gasteiger partial charge is 0.133 e. The molecule has 0 aliphatic heterocycles. The van der Waals surface area contributed by atoms with E-state index >= 15 is 0 Å². The lowest BCUT2D eigenvalue weighted by Crippen LogP contribution is -1.97. The van der Waals surface area contributed by atoms with Gasteiger partial charge in [0.05, 0.1) is 15.9 Å². The van der Waals surface area contributed by atoms with Gasteiger partial charge in [-0.25, -0.2) is 0 Å². The molecule has 0 bridgehead atoms. The van der Waals surface area contributed by atoms with Crippen molar-refractivity contribution in [3.8, 4) is 5.75 Å². The molecule has 0 aliphatic carbocycles. The van der Waals surface area contributed by atoms with Gasteiger partial charge in [-0.15, -0.1) is 0 Å². The Labute approximate surface area is 149 Å². The van der Waals surface area contributed by atoms with Gasteiger partial charge in [-0.3, -0.25) is 0 Å². The van der Waals surface area contributed by atoms with E-state index in [9.17, 15) is 0 Å². The normalized spacial score (nSPS) is 12.2. The van der Waals surface area contributed by atoms with Gasteiger partial charge in [0, 0.05) is 9.50 Å². The number of halogens is 4. The van der Waals surface area contributed by atoms with E-state index in [1.165, 1.54) is 0 Å². The van der Waals surface area contributed by atoms with Crippen LogP contribution < -0.4 is 4.74 Å². The van der Waals surface area contributed by atoms with Gasteiger partial charge in [0.2, 0.25) is 0 Å². The van der Waals surface area contributed by atoms with Crippen molar-refractivity contribution in [2.75, 3.05) is 6.61 Å². The molecule has 106 valence electrons. The summed E-state index contributed by atoms with van der Waals surface area (Å²) in [5, 5.41) is 0.728. The largest absolute Gasteiger partial charge is 0.493 e. The van der Waals surface area contributed by atoms with Crippen LogP contribution in [0.5, 0.6) is 5.75 Å². The second-order valence-corrected chi connectivity index (χ2v) is 7.24. The third-order valence-corrected chi connectivity index (χ3v) is 5.25. The van der Waals surface area contributed by atoms with Gasteiger partial charge in [0.1, 0.15) is 5.75 Å². The van der Waals surface area contributed by atoms with E-state index in [1.807, 2.05) is 43.3 Å². The summed E-state index contributed by atoms with van der Waals surface area (Å²) in [5.41, 5.74) is 2.15. The van der Waals surface area contributed by atoms with Crippen LogP contribution in [0.4, 0.5) is 0 Å². The highest BCUT2D eigenvalue weighted by Crippen LogP contribution is 2.38. The Morgan fingerprint density at radius 1 is 1.15 bits per heavy atom. The second-order valence-electron chi connectivity index (χ2n) is 4.15. The van der Waals surface area contributed by atoms with Crippen molar-refractivity contribution in [2.45, 2.75) is 11.8 Å². The number of benzene rings is 2. The molecule has 1 unspecified atom stereocenters. The van der Waals surface area contributed by atoms with E-state index in [2.05, 4.69) is 47.8 Å². The summed E-state index contributed by atoms with van der Waals surface area (Å²) >= 11 is 17.0. The minimum Gasteiger partial charge on any atom is -0.493 e. The number of rotatable bonds is 4. The van der Waals surface area contributed by atoms with Crippen LogP contribution in [0.3, 0.4) is 0 Å². The molecule has 2 aromatic rings. The first-order valence-electron chi connectivity index (χ1n) is 6.04. The maximum atomic E-state index is 6.30. The molecule has 0 spiro atoms. The highest BCUT2D eigenvalue weighted by Gasteiger charge is 2.15. The maximum Gasteiger partial charge on any atom is 0.133 e. The topological polar surface area (TPSA) is 9.23 Å². The molecule has 0 saturated carbocycles. The summed E-state index contributed by atoms with van der Waals surface area (Å²) in [6, 6.07) is 11.9. The Morgan fingerprint density at radius 3 is 2.50 bits per heavy atom. The van der Waals surface area contributed by atoms with Crippen molar-refractivity contribution in [3.63, 3.8) is 0 Å². The van der Waals surface area contributed by atoms with Crippen molar-refractivity contribution >= 4 is 59.4 Å². The minimum absolute atomic E-state index is 0.0371. The third-order valence-electron chi connectivity index (χ3n) is 2.78. The molecule has 0 saturated heterocycles. The fourth-order valence-corrected chi connectivity index (χ4v) is 3.94. The Hall–Kier alpha value is -0.0300. The molecule has 20 heavy (non-hydrogen) atoms. The van der Waals surface area contributed by atoms with E-state index < -0.39 is 0 Å². The Bertz CT molecular complexity index is 616. The Balaban J connectivity index is 2.33. The molecule has 0 heterocycles. The molecule has 0 aromatic heterocycles. The molecule has 2 aromatic carbocycles. The summed E-state index contributed by atoms with van der Waals surface area (Å²) < 4.78 is 7.43. The number of alkyl halides is 1. The predicted octanol–water partition coefficient (Wildman–Crippen LogP) is 6.75. The van der Waals surface area contributed by atoms with Gasteiger partial charge >= 0.3 is 0 Å². The van der Waals surface area contributed by atoms with Gasteiger partial charge in [0.15, 0.2) is 0 Å². The SMILES string of the molecule is CCOc1ccc(C(Br)c2ccc(Br)cc2Cl)cc1Br. The van der Waals surface area contributed by atoms with Crippen LogP contribution in [0.15, 0.2) is 45.3 Å². The molecule has 0 fully saturated rings. The molecule has 0 aliphatic rings. The van der Waals surface area contributed by atoms with Crippen molar-refractivity contribution in [2.24, 2.45) is 0 Å². The standard InChI is InChI=1S/C15H12Br3ClO/c1-2-20-14-6-3-9(7-12(14)17)15(18)11-5-4-10(16)8-13(11)19/h3-8,15H,2H2,1H3. The van der Waals surface area contributed by atoms with Crippen molar-refractivity contribution in [3.05, 3.63) is 61.5 Å². The summed E-state index contributed by atoms with van der Waals surface area (Å²) in [4.78, 5) is 0.0371. The average molecular weight is 483 g/mol. The first kappa shape index (κ1) is 16.3. The molecule has 0 radical (unpaired) electrons. The molecule has 0 N–H and O–H groups in total. The van der Waals surface area contributed by atoms with Gasteiger partial charge < -0.3 is 4.74 Å². The van der Waals surface area contributed by atoms with Crippen LogP contribution in [-0.4, -0.2) is 6.61 Å². The monoisotopic (exact) mass is 480 g/mol. The van der Waals surface area contributed by atoms with Crippen molar-refractivity contribution in [1.82, 2.24) is 0 Å². The van der Waals surface area contributed by atoms with E-state index in [0.29, 0.717) is 6.61 Å². The minimum atomic E-state index is 0.0371. The fraction of sp³-hybridized carbons (Fsp3) is 0.200. The number of hydrogen-bond acceptors (Lipinski definition) is 1. The fourth-order valence-electron chi connectivity index (χ4n) is 1.83. The summed E-state index contributed by atoms with van der Waals surface area (Å²) in [6.07, 6.45) is 0. The Kier molecular flexibility index (Phi) is 5.96. The summed E-state index contributed by atoms with van der Waals surface area (Å²) in [6.45, 7) is 2.61. The highest BCUT2D eigenvalue weighted by molar-refractivity contribution is 9.11. The lowest BCUT2D eigenvalue weighted by Gasteiger charge is -2.15. The zero-order chi connectivity index (χ0) is 14.7. The number of ether oxygens (including phenoxy) is 1. The van der Waals surface area contributed by atoms with Gasteiger partial charge in [0.25, 0.3) is 0 Å². The lowest BCUT2D eigenvalue weighted by atomic mass is 10.0. The van der Waals surface area contributed by atoms with Crippen LogP contribution in [-0.2, 0) is 0 Å². The van der Waals surface area contributed by atoms with Crippen molar-refractivity contribution < 1.29 is 4.74 Å². The average Bonchev–Trinajstić information content (AvgIpc) is 2.40. The van der Waals surface area contributed by atoms with E-state index in [1.54, 1.807) is 0 Å². The third kappa shape index (κ3) is 3.79. The van der Waals surface area contributed by atoms with Crippen LogP contribution in [0.2, 0.25) is 5.02 Å². The molecule has 0 amide bonds. The highest BCUT2D eigenvalue weighted by atomic mass is 79.9. The quantitative estimate of drug-likeness (QED) is 0.438. The predicted molar refractivity (Wildman–Crippen MR) is 95.2 cm³/mol. The summed E-state index contributed by atoms with van der Waals surface area (Å²) in [5.74, 6) is 0.845. The van der Waals surface area contributed by atoms with Gasteiger partial charge in [-0.05, 0) is 58.2 Å². The molecule has 1 atom stereocenters. The summed E-state index contributed by atoms with van der Waals surface area (Å²) in [7, 11) is 0. The number of hydrogen-bond donors (Lipinski definition) is 0. The molecule has 2 rings (SSSR count). The van der Waals surface area contributed by atoms with Gasteiger partial charge in [-0.2, -0.15) is 0 Å². The van der Waals surface area contributed by atoms with E-state index in [-0.39, 0.29) is 4.83 Å². The van der Waals surface area contributed by atoms with E-state index in [4.69, 9.17) is 16.3 Å².